The highest BCUT2D eigenvalue weighted by atomic mass is 15.4. The summed E-state index contributed by atoms with van der Waals surface area (Å²) in [5.41, 5.74) is 2.00. The molecule has 0 aliphatic rings. The van der Waals surface area contributed by atoms with E-state index in [1.165, 1.54) is 0 Å². The van der Waals surface area contributed by atoms with Crippen LogP contribution in [-0.4, -0.2) is 15.0 Å². The van der Waals surface area contributed by atoms with E-state index in [9.17, 15) is 0 Å². The van der Waals surface area contributed by atoms with Crippen molar-refractivity contribution in [3.8, 4) is 0 Å². The first kappa shape index (κ1) is 13.7. The summed E-state index contributed by atoms with van der Waals surface area (Å²) < 4.78 is 1.88. The quantitative estimate of drug-likeness (QED) is 0.877. The fourth-order valence-corrected chi connectivity index (χ4v) is 1.17. The molecule has 0 bridgehead atoms. The number of hydrogen-bond donors (Lipinski definition) is 1. The van der Waals surface area contributed by atoms with Crippen molar-refractivity contribution in [1.82, 2.24) is 20.3 Å². The number of nitrogens with zero attached hydrogens (tertiary/aromatic N) is 3. The molecule has 0 saturated carbocycles. The second kappa shape index (κ2) is 4.51. The van der Waals surface area contributed by atoms with Crippen LogP contribution in [0.15, 0.2) is 18.5 Å². The van der Waals surface area contributed by atoms with Crippen molar-refractivity contribution in [2.75, 3.05) is 0 Å². The van der Waals surface area contributed by atoms with Crippen LogP contribution in [0.5, 0.6) is 0 Å². The summed E-state index contributed by atoms with van der Waals surface area (Å²) in [6.45, 7) is 17.4. The topological polar surface area (TPSA) is 42.7 Å². The van der Waals surface area contributed by atoms with Gasteiger partial charge in [0.2, 0.25) is 0 Å². The smallest absolute Gasteiger partial charge is 0.102 e. The molecule has 0 atom stereocenters. The molecule has 0 aromatic carbocycles. The number of allylic oxidation sites excluding steroid dienone is 1. The van der Waals surface area contributed by atoms with E-state index in [0.717, 1.165) is 11.4 Å². The molecule has 0 spiro atoms. The minimum atomic E-state index is -0.0215. The van der Waals surface area contributed by atoms with Gasteiger partial charge in [0.15, 0.2) is 0 Å². The normalized spacial score (nSPS) is 12.6. The number of rotatable bonds is 3. The van der Waals surface area contributed by atoms with E-state index in [2.05, 4.69) is 63.8 Å². The summed E-state index contributed by atoms with van der Waals surface area (Å²) in [5.74, 6) is 0. The van der Waals surface area contributed by atoms with Gasteiger partial charge in [-0.25, -0.2) is 4.68 Å². The van der Waals surface area contributed by atoms with Gasteiger partial charge in [-0.15, -0.1) is 5.10 Å². The maximum atomic E-state index is 4.15. The molecule has 0 radical (unpaired) electrons. The lowest BCUT2D eigenvalue weighted by molar-refractivity contribution is 0.347. The first-order chi connectivity index (χ1) is 7.60. The highest BCUT2D eigenvalue weighted by Gasteiger charge is 2.17. The molecule has 1 aromatic heterocycles. The fraction of sp³-hybridized carbons (Fsp3) is 0.692. The van der Waals surface area contributed by atoms with Crippen molar-refractivity contribution < 1.29 is 0 Å². The molecule has 0 aliphatic heterocycles. The lowest BCUT2D eigenvalue weighted by Crippen LogP contribution is -2.23. The Morgan fingerprint density at radius 2 is 1.88 bits per heavy atom. The van der Waals surface area contributed by atoms with Gasteiger partial charge in [0.1, 0.15) is 5.69 Å². The molecule has 0 saturated heterocycles. The van der Waals surface area contributed by atoms with Crippen LogP contribution in [0.1, 0.15) is 47.2 Å². The minimum absolute atomic E-state index is 0.0215. The maximum Gasteiger partial charge on any atom is 0.102 e. The molecular weight excluding hydrogens is 212 g/mol. The van der Waals surface area contributed by atoms with Gasteiger partial charge in [0.25, 0.3) is 0 Å². The van der Waals surface area contributed by atoms with Crippen LogP contribution in [0.3, 0.4) is 0 Å². The molecule has 4 heteroatoms. The average molecular weight is 236 g/mol. The predicted octanol–water partition coefficient (Wildman–Crippen LogP) is 2.68. The molecule has 4 nitrogen and oxygen atoms in total. The monoisotopic (exact) mass is 236 g/mol. The second-order valence-corrected chi connectivity index (χ2v) is 6.41. The van der Waals surface area contributed by atoms with Crippen molar-refractivity contribution in [3.05, 3.63) is 24.2 Å². The van der Waals surface area contributed by atoms with E-state index in [1.54, 1.807) is 0 Å². The maximum absolute atomic E-state index is 4.15. The van der Waals surface area contributed by atoms with Gasteiger partial charge < -0.3 is 5.32 Å². The molecule has 0 amide bonds. The third kappa shape index (κ3) is 3.88. The second-order valence-electron chi connectivity index (χ2n) is 6.41. The zero-order chi connectivity index (χ0) is 13.3. The van der Waals surface area contributed by atoms with Crippen molar-refractivity contribution in [3.63, 3.8) is 0 Å². The summed E-state index contributed by atoms with van der Waals surface area (Å²) >= 11 is 0. The summed E-state index contributed by atoms with van der Waals surface area (Å²) in [6.07, 6.45) is 1.98. The summed E-state index contributed by atoms with van der Waals surface area (Å²) in [7, 11) is 0. The number of nitrogens with one attached hydrogen (secondary N) is 1. The largest absolute Gasteiger partial charge is 0.383 e. The van der Waals surface area contributed by atoms with Gasteiger partial charge in [0, 0.05) is 11.1 Å². The van der Waals surface area contributed by atoms with Crippen LogP contribution < -0.4 is 5.32 Å². The van der Waals surface area contributed by atoms with E-state index in [4.69, 9.17) is 0 Å². The summed E-state index contributed by atoms with van der Waals surface area (Å²) in [5, 5.41) is 11.6. The van der Waals surface area contributed by atoms with Crippen molar-refractivity contribution in [2.24, 2.45) is 5.41 Å². The Kier molecular flexibility index (Phi) is 3.65. The van der Waals surface area contributed by atoms with Gasteiger partial charge in [0.05, 0.1) is 18.3 Å². The molecule has 1 rings (SSSR count). The Labute approximate surface area is 104 Å². The van der Waals surface area contributed by atoms with Crippen molar-refractivity contribution in [2.45, 2.75) is 53.6 Å². The molecule has 0 aliphatic carbocycles. The fourth-order valence-electron chi connectivity index (χ4n) is 1.17. The van der Waals surface area contributed by atoms with Gasteiger partial charge >= 0.3 is 0 Å². The van der Waals surface area contributed by atoms with Crippen LogP contribution >= 0.6 is 0 Å². The van der Waals surface area contributed by atoms with Gasteiger partial charge in [-0.1, -0.05) is 32.6 Å². The van der Waals surface area contributed by atoms with Crippen LogP contribution in [0.25, 0.3) is 0 Å². The number of aromatic nitrogens is 3. The molecule has 0 fully saturated rings. The van der Waals surface area contributed by atoms with E-state index >= 15 is 0 Å². The number of hydrogen-bond acceptors (Lipinski definition) is 3. The Hall–Kier alpha value is -1.32. The molecule has 1 N–H and O–H groups in total. The summed E-state index contributed by atoms with van der Waals surface area (Å²) in [6, 6.07) is 0. The van der Waals surface area contributed by atoms with E-state index in [0.29, 0.717) is 6.54 Å². The Morgan fingerprint density at radius 3 is 2.29 bits per heavy atom. The van der Waals surface area contributed by atoms with E-state index < -0.39 is 0 Å². The van der Waals surface area contributed by atoms with Crippen molar-refractivity contribution in [1.29, 1.82) is 0 Å². The van der Waals surface area contributed by atoms with Crippen LogP contribution in [0.4, 0.5) is 0 Å². The lowest BCUT2D eigenvalue weighted by Gasteiger charge is -2.22. The molecule has 96 valence electrons. The average Bonchev–Trinajstić information content (AvgIpc) is 2.59. The zero-order valence-electron chi connectivity index (χ0n) is 11.8. The van der Waals surface area contributed by atoms with Crippen LogP contribution in [0, 0.1) is 5.41 Å². The standard InChI is InChI=1S/C13H24N4/c1-10(12(2,3)4)14-8-11-9-17(16-15-11)13(5,6)7/h9,14H,1,8H2,2-7H3. The highest BCUT2D eigenvalue weighted by Crippen LogP contribution is 2.21. The zero-order valence-corrected chi connectivity index (χ0v) is 11.8. The molecule has 0 unspecified atom stereocenters. The third-order valence-electron chi connectivity index (χ3n) is 2.62. The van der Waals surface area contributed by atoms with Gasteiger partial charge in [-0.2, -0.15) is 0 Å². The minimum Gasteiger partial charge on any atom is -0.383 e. The first-order valence-corrected chi connectivity index (χ1v) is 5.95. The Morgan fingerprint density at radius 1 is 1.29 bits per heavy atom. The SMILES string of the molecule is C=C(NCc1cn(C(C)(C)C)nn1)C(C)(C)C. The highest BCUT2D eigenvalue weighted by molar-refractivity contribution is 5.05. The van der Waals surface area contributed by atoms with Gasteiger partial charge in [-0.05, 0) is 20.8 Å². The van der Waals surface area contributed by atoms with E-state index in [-0.39, 0.29) is 11.0 Å². The molecule has 1 heterocycles. The van der Waals surface area contributed by atoms with Gasteiger partial charge in [-0.3, -0.25) is 0 Å². The van der Waals surface area contributed by atoms with Crippen LogP contribution in [-0.2, 0) is 12.1 Å². The van der Waals surface area contributed by atoms with Crippen molar-refractivity contribution >= 4 is 0 Å². The summed E-state index contributed by atoms with van der Waals surface area (Å²) in [4.78, 5) is 0. The first-order valence-electron chi connectivity index (χ1n) is 5.95. The van der Waals surface area contributed by atoms with E-state index in [1.807, 2.05) is 10.9 Å². The molecular formula is C13H24N4. The Bertz CT molecular complexity index is 390. The predicted molar refractivity (Wildman–Crippen MR) is 70.5 cm³/mol. The van der Waals surface area contributed by atoms with Crippen LogP contribution in [0.2, 0.25) is 0 Å². The third-order valence-corrected chi connectivity index (χ3v) is 2.62. The Balaban J connectivity index is 2.60. The lowest BCUT2D eigenvalue weighted by atomic mass is 9.93. The molecule has 1 aromatic rings. The molecule has 17 heavy (non-hydrogen) atoms.